The molecule has 0 spiro atoms. The van der Waals surface area contributed by atoms with Gasteiger partial charge in [-0.3, -0.25) is 4.79 Å². The van der Waals surface area contributed by atoms with E-state index in [9.17, 15) is 14.0 Å². The van der Waals surface area contributed by atoms with E-state index in [1.54, 1.807) is 32.1 Å². The molecule has 6 nitrogen and oxygen atoms in total. The molecule has 1 atom stereocenters. The number of thioether (sulfide) groups is 1. The number of aromatic nitrogens is 2. The highest BCUT2D eigenvalue weighted by Gasteiger charge is 2.36. The van der Waals surface area contributed by atoms with Crippen LogP contribution in [0, 0.1) is 5.82 Å². The van der Waals surface area contributed by atoms with Gasteiger partial charge in [-0.05, 0) is 31.5 Å². The number of fused-ring (bicyclic) bond motifs is 1. The first-order valence-electron chi connectivity index (χ1n) is 8.74. The fourth-order valence-electron chi connectivity index (χ4n) is 3.14. The van der Waals surface area contributed by atoms with Crippen molar-refractivity contribution in [1.82, 2.24) is 9.97 Å². The van der Waals surface area contributed by atoms with Gasteiger partial charge in [-0.15, -0.1) is 6.58 Å². The second-order valence-electron chi connectivity index (χ2n) is 6.11. The first-order valence-corrected chi connectivity index (χ1v) is 9.73. The van der Waals surface area contributed by atoms with Gasteiger partial charge in [0.2, 0.25) is 0 Å². The van der Waals surface area contributed by atoms with E-state index >= 15 is 0 Å². The minimum Gasteiger partial charge on any atom is -0.463 e. The smallest absolute Gasteiger partial charge is 0.336 e. The molecule has 1 aromatic carbocycles. The number of rotatable bonds is 6. The monoisotopic (exact) mass is 401 g/mol. The fraction of sp³-hybridized carbons (Fsp3) is 0.250. The van der Waals surface area contributed by atoms with Crippen LogP contribution in [0.4, 0.5) is 10.2 Å². The maximum atomic E-state index is 13.9. The van der Waals surface area contributed by atoms with E-state index < -0.39 is 23.3 Å². The minimum atomic E-state index is -0.791. The van der Waals surface area contributed by atoms with Gasteiger partial charge in [-0.25, -0.2) is 14.2 Å². The molecule has 1 aliphatic rings. The number of nitrogens with one attached hydrogen (secondary N) is 2. The zero-order chi connectivity index (χ0) is 20.3. The van der Waals surface area contributed by atoms with Gasteiger partial charge in [0.15, 0.2) is 5.16 Å². The van der Waals surface area contributed by atoms with Gasteiger partial charge in [0.05, 0.1) is 23.7 Å². The van der Waals surface area contributed by atoms with E-state index in [1.807, 2.05) is 0 Å². The van der Waals surface area contributed by atoms with Crippen molar-refractivity contribution in [3.8, 4) is 0 Å². The molecule has 0 bridgehead atoms. The molecule has 0 radical (unpaired) electrons. The molecule has 1 aromatic heterocycles. The quantitative estimate of drug-likeness (QED) is 0.333. The summed E-state index contributed by atoms with van der Waals surface area (Å²) < 4.78 is 19.1. The standard InChI is InChI=1S/C20H20FN3O3S/c1-4-9-28-20-23-17-16(18(25)24-20)15(12-7-6-8-13(21)10-12)14(11(3)22-17)19(26)27-5-2/h4,6-8,10,15H,1,5,9H2,2-3H3,(H2,22,23,24,25). The Morgan fingerprint density at radius 1 is 1.46 bits per heavy atom. The molecule has 2 N–H and O–H groups in total. The number of allylic oxidation sites excluding steroid dienone is 1. The maximum Gasteiger partial charge on any atom is 0.336 e. The van der Waals surface area contributed by atoms with Crippen LogP contribution in [0.15, 0.2) is 58.1 Å². The first kappa shape index (κ1) is 19.9. The lowest BCUT2D eigenvalue weighted by atomic mass is 9.82. The van der Waals surface area contributed by atoms with Crippen molar-refractivity contribution in [2.24, 2.45) is 0 Å². The number of hydrogen-bond donors (Lipinski definition) is 2. The minimum absolute atomic E-state index is 0.185. The van der Waals surface area contributed by atoms with Crippen LogP contribution in [0.5, 0.6) is 0 Å². The number of aromatic amines is 1. The number of hydrogen-bond acceptors (Lipinski definition) is 6. The third-order valence-electron chi connectivity index (χ3n) is 4.24. The van der Waals surface area contributed by atoms with Crippen molar-refractivity contribution in [2.75, 3.05) is 17.7 Å². The Bertz CT molecular complexity index is 1020. The molecular weight excluding hydrogens is 381 g/mol. The Hall–Kier alpha value is -2.87. The zero-order valence-electron chi connectivity index (χ0n) is 15.5. The number of carbonyl (C=O) groups excluding carboxylic acids is 1. The number of esters is 1. The van der Waals surface area contributed by atoms with Crippen molar-refractivity contribution < 1.29 is 13.9 Å². The Balaban J connectivity index is 2.21. The third-order valence-corrected chi connectivity index (χ3v) is 5.11. The molecule has 0 saturated heterocycles. The first-order chi connectivity index (χ1) is 13.5. The lowest BCUT2D eigenvalue weighted by Crippen LogP contribution is -2.31. The molecule has 1 aliphatic heterocycles. The number of H-pyrrole nitrogens is 1. The van der Waals surface area contributed by atoms with Gasteiger partial charge in [-0.1, -0.05) is 30.0 Å². The highest BCUT2D eigenvalue weighted by Crippen LogP contribution is 2.40. The van der Waals surface area contributed by atoms with Crippen molar-refractivity contribution in [3.63, 3.8) is 0 Å². The largest absolute Gasteiger partial charge is 0.463 e. The molecule has 2 heterocycles. The SMILES string of the molecule is C=CCSc1nc2c(c(=O)[nH]1)C(c1cccc(F)c1)C(C(=O)OCC)=C(C)N2. The molecule has 8 heteroatoms. The van der Waals surface area contributed by atoms with E-state index in [-0.39, 0.29) is 17.7 Å². The molecule has 3 rings (SSSR count). The summed E-state index contributed by atoms with van der Waals surface area (Å²) in [4.78, 5) is 32.8. The highest BCUT2D eigenvalue weighted by molar-refractivity contribution is 7.99. The second-order valence-corrected chi connectivity index (χ2v) is 7.11. The summed E-state index contributed by atoms with van der Waals surface area (Å²) >= 11 is 1.33. The number of halogens is 1. The van der Waals surface area contributed by atoms with Gasteiger partial charge in [0, 0.05) is 11.4 Å². The van der Waals surface area contributed by atoms with Gasteiger partial charge in [0.25, 0.3) is 5.56 Å². The van der Waals surface area contributed by atoms with E-state index in [2.05, 4.69) is 21.9 Å². The molecule has 1 unspecified atom stereocenters. The van der Waals surface area contributed by atoms with Crippen LogP contribution >= 0.6 is 11.8 Å². The molecule has 0 aliphatic carbocycles. The van der Waals surface area contributed by atoms with Crippen molar-refractivity contribution in [1.29, 1.82) is 0 Å². The van der Waals surface area contributed by atoms with E-state index in [0.29, 0.717) is 28.0 Å². The number of anilines is 1. The second kappa shape index (κ2) is 8.43. The molecular formula is C20H20FN3O3S. The molecule has 146 valence electrons. The van der Waals surface area contributed by atoms with Crippen molar-refractivity contribution in [2.45, 2.75) is 24.9 Å². The van der Waals surface area contributed by atoms with Crippen LogP contribution < -0.4 is 10.9 Å². The predicted molar refractivity (Wildman–Crippen MR) is 107 cm³/mol. The summed E-state index contributed by atoms with van der Waals surface area (Å²) in [6.07, 6.45) is 1.71. The topological polar surface area (TPSA) is 84.1 Å². The Kier molecular flexibility index (Phi) is 5.99. The average molecular weight is 401 g/mol. The van der Waals surface area contributed by atoms with E-state index in [0.717, 1.165) is 0 Å². The number of nitrogens with zero attached hydrogens (tertiary/aromatic N) is 1. The van der Waals surface area contributed by atoms with Crippen LogP contribution in [0.1, 0.15) is 30.9 Å². The maximum absolute atomic E-state index is 13.9. The molecule has 0 fully saturated rings. The Labute approximate surface area is 165 Å². The fourth-order valence-corrected chi connectivity index (χ4v) is 3.73. The third kappa shape index (κ3) is 3.87. The lowest BCUT2D eigenvalue weighted by molar-refractivity contribution is -0.138. The van der Waals surface area contributed by atoms with Gasteiger partial charge in [-0.2, -0.15) is 0 Å². The highest BCUT2D eigenvalue weighted by atomic mass is 32.2. The molecule has 28 heavy (non-hydrogen) atoms. The van der Waals surface area contributed by atoms with Gasteiger partial charge >= 0.3 is 5.97 Å². The Morgan fingerprint density at radius 2 is 2.25 bits per heavy atom. The van der Waals surface area contributed by atoms with Crippen molar-refractivity contribution in [3.05, 3.63) is 75.5 Å². The summed E-state index contributed by atoms with van der Waals surface area (Å²) in [5, 5.41) is 3.47. The van der Waals surface area contributed by atoms with Gasteiger partial charge in [0.1, 0.15) is 11.6 Å². The summed E-state index contributed by atoms with van der Waals surface area (Å²) in [5.41, 5.74) is 1.11. The van der Waals surface area contributed by atoms with Crippen LogP contribution in [-0.4, -0.2) is 28.3 Å². The predicted octanol–water partition coefficient (Wildman–Crippen LogP) is 3.58. The molecule has 2 aromatic rings. The molecule has 0 amide bonds. The van der Waals surface area contributed by atoms with Gasteiger partial charge < -0.3 is 15.0 Å². The Morgan fingerprint density at radius 3 is 2.93 bits per heavy atom. The van der Waals surface area contributed by atoms with Crippen LogP contribution in [0.2, 0.25) is 0 Å². The van der Waals surface area contributed by atoms with Crippen LogP contribution in [0.3, 0.4) is 0 Å². The summed E-state index contributed by atoms with van der Waals surface area (Å²) in [6, 6.07) is 5.84. The van der Waals surface area contributed by atoms with Crippen molar-refractivity contribution >= 4 is 23.5 Å². The average Bonchev–Trinajstić information content (AvgIpc) is 2.65. The van der Waals surface area contributed by atoms with E-state index in [1.165, 1.54) is 23.9 Å². The lowest BCUT2D eigenvalue weighted by Gasteiger charge is -2.28. The summed E-state index contributed by atoms with van der Waals surface area (Å²) in [5.74, 6) is -0.883. The summed E-state index contributed by atoms with van der Waals surface area (Å²) in [6.45, 7) is 7.25. The number of carbonyl (C=O) groups is 1. The molecule has 0 saturated carbocycles. The number of benzene rings is 1. The van der Waals surface area contributed by atoms with Crippen LogP contribution in [0.25, 0.3) is 0 Å². The summed E-state index contributed by atoms with van der Waals surface area (Å²) in [7, 11) is 0. The normalized spacial score (nSPS) is 15.6. The van der Waals surface area contributed by atoms with E-state index in [4.69, 9.17) is 4.74 Å². The number of ether oxygens (including phenoxy) is 1. The zero-order valence-corrected chi connectivity index (χ0v) is 16.4. The van der Waals surface area contributed by atoms with Crippen LogP contribution in [-0.2, 0) is 9.53 Å².